The van der Waals surface area contributed by atoms with E-state index in [0.717, 1.165) is 6.07 Å². The molecule has 1 fully saturated rings. The van der Waals surface area contributed by atoms with Gasteiger partial charge in [0.1, 0.15) is 29.2 Å². The molecule has 8 nitrogen and oxygen atoms in total. The van der Waals surface area contributed by atoms with Crippen LogP contribution in [0.25, 0.3) is 0 Å². The van der Waals surface area contributed by atoms with Gasteiger partial charge in [0.2, 0.25) is 0 Å². The Morgan fingerprint density at radius 1 is 1.18 bits per heavy atom. The number of hydrazone groups is 1. The Kier molecular flexibility index (Phi) is 4.95. The monoisotopic (exact) mass is 391 g/mol. The summed E-state index contributed by atoms with van der Waals surface area (Å²) in [6.45, 7) is 1.23. The Labute approximate surface area is 159 Å². The number of hydrogen-bond acceptors (Lipinski definition) is 8. The molecule has 2 aliphatic rings. The number of aliphatic hydroxyl groups is 1. The van der Waals surface area contributed by atoms with E-state index in [2.05, 4.69) is 15.2 Å². The van der Waals surface area contributed by atoms with Crippen LogP contribution in [0.2, 0.25) is 0 Å². The van der Waals surface area contributed by atoms with E-state index in [1.165, 1.54) is 17.1 Å². The van der Waals surface area contributed by atoms with Crippen LogP contribution in [0.4, 0.5) is 14.7 Å². The van der Waals surface area contributed by atoms with Gasteiger partial charge in [-0.2, -0.15) is 10.1 Å². The summed E-state index contributed by atoms with van der Waals surface area (Å²) in [6, 6.07) is 3.16. The molecule has 148 valence electrons. The summed E-state index contributed by atoms with van der Waals surface area (Å²) in [5, 5.41) is 19.2. The van der Waals surface area contributed by atoms with Crippen molar-refractivity contribution < 1.29 is 23.1 Å². The predicted octanol–water partition coefficient (Wildman–Crippen LogP) is 1.92. The van der Waals surface area contributed by atoms with E-state index in [1.807, 2.05) is 4.90 Å². The highest BCUT2D eigenvalue weighted by Crippen LogP contribution is 2.23. The molecule has 10 heteroatoms. The number of aromatic nitrogens is 2. The zero-order valence-electron chi connectivity index (χ0n) is 15.1. The zero-order valence-corrected chi connectivity index (χ0v) is 15.1. The minimum absolute atomic E-state index is 0.149. The Balaban J connectivity index is 1.36. The van der Waals surface area contributed by atoms with Gasteiger partial charge in [0.15, 0.2) is 6.23 Å². The molecule has 4 rings (SSSR count). The number of aliphatic hydroxyl groups excluding tert-OH is 1. The van der Waals surface area contributed by atoms with Gasteiger partial charge < -0.3 is 19.3 Å². The number of ether oxygens (including phenoxy) is 1. The van der Waals surface area contributed by atoms with E-state index in [-0.39, 0.29) is 17.7 Å². The summed E-state index contributed by atoms with van der Waals surface area (Å²) in [6.07, 6.45) is 3.57. The average Bonchev–Trinajstić information content (AvgIpc) is 3.14. The number of anilines is 1. The second kappa shape index (κ2) is 7.55. The molecular weight excluding hydrogens is 372 g/mol. The number of nitrogens with zero attached hydrogens (tertiary/aromatic N) is 5. The van der Waals surface area contributed by atoms with Gasteiger partial charge >= 0.3 is 0 Å². The Hall–Kier alpha value is -3.01. The number of rotatable bonds is 4. The van der Waals surface area contributed by atoms with E-state index in [1.54, 1.807) is 19.2 Å². The lowest BCUT2D eigenvalue weighted by atomic mass is 10.1. The van der Waals surface area contributed by atoms with Crippen LogP contribution in [0.15, 0.2) is 40.0 Å². The standard InChI is InChI=1S/C18H19F2N5O3/c1-24-16(26)3-2-15(22-24)17-21-18(23-28-17)25-6-4-13(5-7-25)27-14-9-11(19)8-12(20)10-14/h2-3,8-10,13,16,26H,4-7H2,1H3. The first kappa shape index (κ1) is 18.4. The number of likely N-dealkylation sites (N-methyl/N-ethyl adjacent to an activating group) is 1. The molecule has 0 aliphatic carbocycles. The zero-order chi connectivity index (χ0) is 19.7. The summed E-state index contributed by atoms with van der Waals surface area (Å²) in [7, 11) is 1.64. The first-order valence-electron chi connectivity index (χ1n) is 8.87. The van der Waals surface area contributed by atoms with Crippen LogP contribution in [-0.2, 0) is 0 Å². The average molecular weight is 391 g/mol. The topological polar surface area (TPSA) is 87.2 Å². The maximum atomic E-state index is 13.3. The van der Waals surface area contributed by atoms with Crippen LogP contribution in [0.1, 0.15) is 18.7 Å². The normalized spacial score (nSPS) is 20.4. The molecular formula is C18H19F2N5O3. The number of halogens is 2. The van der Waals surface area contributed by atoms with E-state index in [4.69, 9.17) is 9.26 Å². The van der Waals surface area contributed by atoms with Crippen molar-refractivity contribution in [3.05, 3.63) is 47.9 Å². The van der Waals surface area contributed by atoms with Gasteiger partial charge in [-0.15, -0.1) is 0 Å². The molecule has 1 atom stereocenters. The van der Waals surface area contributed by atoms with Crippen molar-refractivity contribution in [2.24, 2.45) is 5.10 Å². The lowest BCUT2D eigenvalue weighted by Gasteiger charge is -2.31. The number of benzene rings is 1. The fraction of sp³-hybridized carbons (Fsp3) is 0.389. The summed E-state index contributed by atoms with van der Waals surface area (Å²) >= 11 is 0. The smallest absolute Gasteiger partial charge is 0.279 e. The largest absolute Gasteiger partial charge is 0.490 e. The van der Waals surface area contributed by atoms with Crippen molar-refractivity contribution in [1.82, 2.24) is 15.1 Å². The van der Waals surface area contributed by atoms with Crippen molar-refractivity contribution in [3.8, 4) is 5.75 Å². The first-order chi connectivity index (χ1) is 13.5. The van der Waals surface area contributed by atoms with E-state index in [0.29, 0.717) is 37.6 Å². The molecule has 0 radical (unpaired) electrons. The van der Waals surface area contributed by atoms with Gasteiger partial charge in [0.25, 0.3) is 11.8 Å². The fourth-order valence-corrected chi connectivity index (χ4v) is 3.09. The molecule has 3 heterocycles. The second-order valence-electron chi connectivity index (χ2n) is 6.64. The minimum atomic E-state index is -0.781. The second-order valence-corrected chi connectivity index (χ2v) is 6.64. The molecule has 0 saturated carbocycles. The number of hydrogen-bond donors (Lipinski definition) is 1. The Morgan fingerprint density at radius 2 is 1.89 bits per heavy atom. The highest BCUT2D eigenvalue weighted by Gasteiger charge is 2.25. The van der Waals surface area contributed by atoms with Gasteiger partial charge in [-0.05, 0) is 17.3 Å². The maximum absolute atomic E-state index is 13.3. The highest BCUT2D eigenvalue weighted by molar-refractivity contribution is 6.05. The van der Waals surface area contributed by atoms with Crippen LogP contribution in [0, 0.1) is 11.6 Å². The lowest BCUT2D eigenvalue weighted by Crippen LogP contribution is -2.38. The summed E-state index contributed by atoms with van der Waals surface area (Å²) in [5.41, 5.74) is 0.470. The quantitative estimate of drug-likeness (QED) is 0.852. The van der Waals surface area contributed by atoms with Crippen LogP contribution in [-0.4, -0.2) is 58.4 Å². The van der Waals surface area contributed by atoms with Crippen LogP contribution >= 0.6 is 0 Å². The highest BCUT2D eigenvalue weighted by atomic mass is 19.1. The molecule has 1 saturated heterocycles. The van der Waals surface area contributed by atoms with Crippen LogP contribution in [0.5, 0.6) is 5.75 Å². The summed E-state index contributed by atoms with van der Waals surface area (Å²) < 4.78 is 37.5. The molecule has 0 bridgehead atoms. The minimum Gasteiger partial charge on any atom is -0.490 e. The molecule has 2 aliphatic heterocycles. The van der Waals surface area contributed by atoms with Crippen molar-refractivity contribution in [1.29, 1.82) is 0 Å². The van der Waals surface area contributed by atoms with E-state index in [9.17, 15) is 13.9 Å². The number of piperidine rings is 1. The van der Waals surface area contributed by atoms with Gasteiger partial charge in [-0.1, -0.05) is 0 Å². The third-order valence-corrected chi connectivity index (χ3v) is 4.57. The Morgan fingerprint density at radius 3 is 2.57 bits per heavy atom. The third-order valence-electron chi connectivity index (χ3n) is 4.57. The van der Waals surface area contributed by atoms with Gasteiger partial charge in [0.05, 0.1) is 0 Å². The first-order valence-corrected chi connectivity index (χ1v) is 8.87. The van der Waals surface area contributed by atoms with Gasteiger partial charge in [-0.25, -0.2) is 8.78 Å². The molecule has 1 aromatic heterocycles. The van der Waals surface area contributed by atoms with E-state index < -0.39 is 17.9 Å². The van der Waals surface area contributed by atoms with Crippen molar-refractivity contribution in [3.63, 3.8) is 0 Å². The summed E-state index contributed by atoms with van der Waals surface area (Å²) in [4.78, 5) is 6.32. The lowest BCUT2D eigenvalue weighted by molar-refractivity contribution is 0.0633. The summed E-state index contributed by atoms with van der Waals surface area (Å²) in [5.74, 6) is -0.436. The molecule has 0 amide bonds. The molecule has 28 heavy (non-hydrogen) atoms. The van der Waals surface area contributed by atoms with Crippen LogP contribution < -0.4 is 9.64 Å². The van der Waals surface area contributed by atoms with Crippen LogP contribution in [0.3, 0.4) is 0 Å². The molecule has 1 unspecified atom stereocenters. The Bertz CT molecular complexity index is 888. The molecule has 1 aromatic carbocycles. The van der Waals surface area contributed by atoms with Gasteiger partial charge in [0, 0.05) is 51.2 Å². The number of allylic oxidation sites excluding steroid dienone is 1. The molecule has 1 N–H and O–H groups in total. The van der Waals surface area contributed by atoms with Crippen molar-refractivity contribution in [2.45, 2.75) is 25.2 Å². The molecule has 0 spiro atoms. The van der Waals surface area contributed by atoms with Crippen molar-refractivity contribution >= 4 is 11.7 Å². The SMILES string of the molecule is CN1N=C(c2nc(N3CCC(Oc4cc(F)cc(F)c4)CC3)no2)C=CC1O. The van der Waals surface area contributed by atoms with E-state index >= 15 is 0 Å². The maximum Gasteiger partial charge on any atom is 0.279 e. The third kappa shape index (κ3) is 3.96. The molecule has 2 aromatic rings. The van der Waals surface area contributed by atoms with Crippen molar-refractivity contribution in [2.75, 3.05) is 25.0 Å². The fourth-order valence-electron chi connectivity index (χ4n) is 3.09. The predicted molar refractivity (Wildman–Crippen MR) is 96.0 cm³/mol. The van der Waals surface area contributed by atoms with Gasteiger partial charge in [-0.3, -0.25) is 5.01 Å².